The first-order chi connectivity index (χ1) is 15.3. The molecule has 7 nitrogen and oxygen atoms in total. The van der Waals surface area contributed by atoms with E-state index in [1.165, 1.54) is 0 Å². The van der Waals surface area contributed by atoms with Crippen LogP contribution in [0.15, 0.2) is 21.3 Å². The van der Waals surface area contributed by atoms with Crippen LogP contribution in [0, 0.1) is 25.7 Å². The van der Waals surface area contributed by atoms with Crippen molar-refractivity contribution in [3.63, 3.8) is 0 Å². The Morgan fingerprint density at radius 3 is 2.78 bits per heavy atom. The molecule has 0 spiro atoms. The fourth-order valence-corrected chi connectivity index (χ4v) is 6.07. The number of aromatic hydroxyl groups is 1. The number of piperidine rings is 3. The van der Waals surface area contributed by atoms with Crippen molar-refractivity contribution in [3.05, 3.63) is 39.2 Å². The molecular weight excluding hydrogens is 408 g/mol. The lowest BCUT2D eigenvalue weighted by atomic mass is 9.76. The lowest BCUT2D eigenvalue weighted by molar-refractivity contribution is -0.148. The second kappa shape index (κ2) is 7.94. The number of aryl methyl sites for hydroxylation is 2. The minimum absolute atomic E-state index is 0.0658. The number of phenolic OH excluding ortho intramolecular Hbond substituents is 1. The Morgan fingerprint density at radius 2 is 1.97 bits per heavy atom. The molecule has 3 fully saturated rings. The van der Waals surface area contributed by atoms with Crippen LogP contribution in [-0.4, -0.2) is 52.4 Å². The van der Waals surface area contributed by atoms with Crippen molar-refractivity contribution in [2.75, 3.05) is 19.6 Å². The van der Waals surface area contributed by atoms with Gasteiger partial charge in [-0.25, -0.2) is 4.79 Å². The van der Waals surface area contributed by atoms with E-state index in [1.807, 2.05) is 11.8 Å². The molecule has 0 radical (unpaired) electrons. The SMILES string of the molecule is Cc1c(CCC(=O)N2CC3CC(C2)C2CCCC(=O)N2C3)c(=O)oc2c(C)c(O)ccc12. The van der Waals surface area contributed by atoms with E-state index < -0.39 is 5.63 Å². The molecule has 1 N–H and O–H groups in total. The van der Waals surface area contributed by atoms with Crippen molar-refractivity contribution < 1.29 is 19.1 Å². The van der Waals surface area contributed by atoms with Gasteiger partial charge in [0.2, 0.25) is 11.8 Å². The van der Waals surface area contributed by atoms with Gasteiger partial charge in [-0.2, -0.15) is 0 Å². The average molecular weight is 439 g/mol. The number of hydrogen-bond donors (Lipinski definition) is 1. The molecule has 5 rings (SSSR count). The number of nitrogens with zero attached hydrogens (tertiary/aromatic N) is 2. The maximum Gasteiger partial charge on any atom is 0.339 e. The molecule has 3 aliphatic heterocycles. The van der Waals surface area contributed by atoms with Crippen LogP contribution in [0.3, 0.4) is 0 Å². The molecule has 0 aliphatic carbocycles. The maximum absolute atomic E-state index is 13.1. The summed E-state index contributed by atoms with van der Waals surface area (Å²) in [6, 6.07) is 3.63. The Bertz CT molecular complexity index is 1150. The zero-order valence-corrected chi connectivity index (χ0v) is 18.7. The first-order valence-electron chi connectivity index (χ1n) is 11.7. The second-order valence-electron chi connectivity index (χ2n) is 9.75. The summed E-state index contributed by atoms with van der Waals surface area (Å²) in [6.07, 6.45) is 4.34. The van der Waals surface area contributed by atoms with E-state index in [2.05, 4.69) is 4.90 Å². The van der Waals surface area contributed by atoms with E-state index in [1.54, 1.807) is 19.1 Å². The minimum Gasteiger partial charge on any atom is -0.508 e. The second-order valence-corrected chi connectivity index (χ2v) is 9.75. The fourth-order valence-electron chi connectivity index (χ4n) is 6.07. The Morgan fingerprint density at radius 1 is 1.16 bits per heavy atom. The standard InChI is InChI=1S/C25H30N2O5/c1-14-18-6-8-21(28)15(2)24(18)32-25(31)19(14)7-9-22(29)26-11-16-10-17(13-26)20-4-3-5-23(30)27(20)12-16/h6,8,16-17,20,28H,3-5,7,9-13H2,1-2H3. The van der Waals surface area contributed by atoms with Crippen LogP contribution >= 0.6 is 0 Å². The first-order valence-corrected chi connectivity index (χ1v) is 11.7. The highest BCUT2D eigenvalue weighted by Crippen LogP contribution is 2.38. The first kappa shape index (κ1) is 21.0. The minimum atomic E-state index is -0.441. The molecule has 4 heterocycles. The molecule has 3 unspecified atom stereocenters. The summed E-state index contributed by atoms with van der Waals surface area (Å²) in [6.45, 7) is 5.75. The van der Waals surface area contributed by atoms with E-state index in [0.717, 1.165) is 36.8 Å². The third kappa shape index (κ3) is 3.48. The molecule has 3 saturated heterocycles. The molecule has 170 valence electrons. The molecule has 3 atom stereocenters. The molecule has 2 aromatic rings. The van der Waals surface area contributed by atoms with Gasteiger partial charge in [-0.3, -0.25) is 9.59 Å². The topological polar surface area (TPSA) is 91.1 Å². The van der Waals surface area contributed by atoms with Crippen LogP contribution in [0.1, 0.15) is 48.8 Å². The average Bonchev–Trinajstić information content (AvgIpc) is 2.77. The number of carbonyl (C=O) groups excluding carboxylic acids is 2. The summed E-state index contributed by atoms with van der Waals surface area (Å²) >= 11 is 0. The van der Waals surface area contributed by atoms with Gasteiger partial charge in [-0.15, -0.1) is 0 Å². The van der Waals surface area contributed by atoms with E-state index in [4.69, 9.17) is 4.42 Å². The van der Waals surface area contributed by atoms with Crippen LogP contribution in [0.4, 0.5) is 0 Å². The molecule has 1 aromatic heterocycles. The Balaban J connectivity index is 1.30. The highest BCUT2D eigenvalue weighted by atomic mass is 16.4. The molecule has 7 heteroatoms. The predicted molar refractivity (Wildman–Crippen MR) is 119 cm³/mol. The molecular formula is C25H30N2O5. The smallest absolute Gasteiger partial charge is 0.339 e. The van der Waals surface area contributed by atoms with Gasteiger partial charge in [-0.05, 0) is 69.1 Å². The van der Waals surface area contributed by atoms with Gasteiger partial charge >= 0.3 is 5.63 Å². The molecule has 32 heavy (non-hydrogen) atoms. The van der Waals surface area contributed by atoms with Crippen LogP contribution in [0.5, 0.6) is 5.75 Å². The molecule has 0 saturated carbocycles. The van der Waals surface area contributed by atoms with Gasteiger partial charge < -0.3 is 19.3 Å². The number of rotatable bonds is 3. The molecule has 2 amide bonds. The van der Waals surface area contributed by atoms with Gasteiger partial charge in [0.25, 0.3) is 0 Å². The third-order valence-corrected chi connectivity index (χ3v) is 7.80. The zero-order chi connectivity index (χ0) is 22.6. The lowest BCUT2D eigenvalue weighted by Crippen LogP contribution is -2.61. The van der Waals surface area contributed by atoms with Crippen LogP contribution in [-0.2, 0) is 16.0 Å². The van der Waals surface area contributed by atoms with Crippen LogP contribution in [0.25, 0.3) is 11.0 Å². The number of phenols is 1. The number of fused-ring (bicyclic) bond motifs is 5. The highest BCUT2D eigenvalue weighted by Gasteiger charge is 2.44. The van der Waals surface area contributed by atoms with Crippen molar-refractivity contribution >= 4 is 22.8 Å². The third-order valence-electron chi connectivity index (χ3n) is 7.80. The Labute approximate surface area is 187 Å². The summed E-state index contributed by atoms with van der Waals surface area (Å²) in [4.78, 5) is 42.1. The van der Waals surface area contributed by atoms with Gasteiger partial charge in [0.05, 0.1) is 0 Å². The fraction of sp³-hybridized carbons (Fsp3) is 0.560. The summed E-state index contributed by atoms with van der Waals surface area (Å²) in [5, 5.41) is 10.7. The van der Waals surface area contributed by atoms with E-state index in [0.29, 0.717) is 54.5 Å². The number of carbonyl (C=O) groups is 2. The van der Waals surface area contributed by atoms with Crippen molar-refractivity contribution in [3.8, 4) is 5.75 Å². The zero-order valence-electron chi connectivity index (χ0n) is 18.7. The summed E-state index contributed by atoms with van der Waals surface area (Å²) in [5.74, 6) is 1.14. The Kier molecular flexibility index (Phi) is 5.22. The van der Waals surface area contributed by atoms with Crippen molar-refractivity contribution in [2.24, 2.45) is 11.8 Å². The summed E-state index contributed by atoms with van der Waals surface area (Å²) < 4.78 is 5.52. The van der Waals surface area contributed by atoms with E-state index in [9.17, 15) is 19.5 Å². The number of hydrogen-bond acceptors (Lipinski definition) is 5. The van der Waals surface area contributed by atoms with E-state index >= 15 is 0 Å². The summed E-state index contributed by atoms with van der Waals surface area (Å²) in [5.41, 5.74) is 1.83. The quantitative estimate of drug-likeness (QED) is 0.744. The number of likely N-dealkylation sites (tertiary alicyclic amines) is 1. The van der Waals surface area contributed by atoms with Gasteiger partial charge in [0.1, 0.15) is 11.3 Å². The normalized spacial score (nSPS) is 25.2. The molecule has 1 aromatic carbocycles. The van der Waals surface area contributed by atoms with Crippen molar-refractivity contribution in [1.82, 2.24) is 9.80 Å². The van der Waals surface area contributed by atoms with Crippen molar-refractivity contribution in [2.45, 2.75) is 58.4 Å². The van der Waals surface area contributed by atoms with Crippen LogP contribution in [0.2, 0.25) is 0 Å². The predicted octanol–water partition coefficient (Wildman–Crippen LogP) is 2.91. The largest absolute Gasteiger partial charge is 0.508 e. The number of benzene rings is 1. The molecule has 3 aliphatic rings. The highest BCUT2D eigenvalue weighted by molar-refractivity contribution is 5.85. The van der Waals surface area contributed by atoms with Crippen LogP contribution < -0.4 is 5.63 Å². The summed E-state index contributed by atoms with van der Waals surface area (Å²) in [7, 11) is 0. The van der Waals surface area contributed by atoms with Gasteiger partial charge in [0, 0.05) is 55.0 Å². The Hall–Kier alpha value is -2.83. The lowest BCUT2D eigenvalue weighted by Gasteiger charge is -2.52. The van der Waals surface area contributed by atoms with Gasteiger partial charge in [-0.1, -0.05) is 0 Å². The van der Waals surface area contributed by atoms with E-state index in [-0.39, 0.29) is 30.0 Å². The van der Waals surface area contributed by atoms with Crippen molar-refractivity contribution in [1.29, 1.82) is 0 Å². The van der Waals surface area contributed by atoms with Gasteiger partial charge in [0.15, 0.2) is 0 Å². The maximum atomic E-state index is 13.1. The number of amides is 2. The monoisotopic (exact) mass is 438 g/mol. The molecule has 2 bridgehead atoms.